The predicted octanol–water partition coefficient (Wildman–Crippen LogP) is 4.97. The highest BCUT2D eigenvalue weighted by Crippen LogP contribution is 2.34. The van der Waals surface area contributed by atoms with Crippen LogP contribution in [-0.4, -0.2) is 27.9 Å². The predicted molar refractivity (Wildman–Crippen MR) is 106 cm³/mol. The fourth-order valence-electron chi connectivity index (χ4n) is 3.38. The van der Waals surface area contributed by atoms with Crippen LogP contribution in [0.4, 0.5) is 5.13 Å². The van der Waals surface area contributed by atoms with E-state index in [1.54, 1.807) is 11.3 Å². The van der Waals surface area contributed by atoms with Gasteiger partial charge in [0.1, 0.15) is 0 Å². The number of anilines is 1. The molecule has 1 aliphatic heterocycles. The number of benzene rings is 1. The van der Waals surface area contributed by atoms with Crippen LogP contribution in [0.25, 0.3) is 10.2 Å². The van der Waals surface area contributed by atoms with Crippen molar-refractivity contribution < 1.29 is 0 Å². The Bertz CT molecular complexity index is 969. The highest BCUT2D eigenvalue weighted by molar-refractivity contribution is 7.22. The van der Waals surface area contributed by atoms with Gasteiger partial charge in [-0.15, -0.1) is 0 Å². The zero-order chi connectivity index (χ0) is 17.6. The van der Waals surface area contributed by atoms with Gasteiger partial charge in [-0.1, -0.05) is 34.6 Å². The normalized spacial score (nSPS) is 15.0. The Kier molecular flexibility index (Phi) is 4.29. The molecule has 4 rings (SSSR count). The SMILES string of the molecule is CC1=CCCN(c2nc3c(Cn4nc(C)cc4C)cc(Cl)cc3s2)C1. The van der Waals surface area contributed by atoms with E-state index in [4.69, 9.17) is 16.6 Å². The molecule has 3 aromatic rings. The third-order valence-corrected chi connectivity index (χ3v) is 5.83. The van der Waals surface area contributed by atoms with Crippen molar-refractivity contribution in [2.75, 3.05) is 18.0 Å². The number of thiazole rings is 1. The van der Waals surface area contributed by atoms with Crippen LogP contribution >= 0.6 is 22.9 Å². The van der Waals surface area contributed by atoms with Crippen molar-refractivity contribution in [3.8, 4) is 0 Å². The quantitative estimate of drug-likeness (QED) is 0.609. The number of nitrogens with zero attached hydrogens (tertiary/aromatic N) is 4. The Balaban J connectivity index is 1.74. The fraction of sp³-hybridized carbons (Fsp3) is 0.368. The van der Waals surface area contributed by atoms with E-state index in [0.29, 0.717) is 6.54 Å². The molecule has 25 heavy (non-hydrogen) atoms. The first-order valence-electron chi connectivity index (χ1n) is 8.50. The van der Waals surface area contributed by atoms with Gasteiger partial charge in [0.05, 0.1) is 22.5 Å². The second-order valence-electron chi connectivity index (χ2n) is 6.75. The second-order valence-corrected chi connectivity index (χ2v) is 8.20. The Morgan fingerprint density at radius 2 is 2.04 bits per heavy atom. The van der Waals surface area contributed by atoms with Gasteiger partial charge < -0.3 is 4.90 Å². The zero-order valence-electron chi connectivity index (χ0n) is 14.7. The van der Waals surface area contributed by atoms with Gasteiger partial charge in [-0.3, -0.25) is 4.68 Å². The van der Waals surface area contributed by atoms with Crippen LogP contribution in [-0.2, 0) is 6.54 Å². The summed E-state index contributed by atoms with van der Waals surface area (Å²) in [5.41, 5.74) is 5.76. The average molecular weight is 373 g/mol. The Morgan fingerprint density at radius 3 is 2.76 bits per heavy atom. The molecule has 0 bridgehead atoms. The average Bonchev–Trinajstić information content (AvgIpc) is 3.10. The lowest BCUT2D eigenvalue weighted by Crippen LogP contribution is -2.28. The third-order valence-electron chi connectivity index (χ3n) is 4.55. The van der Waals surface area contributed by atoms with Gasteiger partial charge in [0.2, 0.25) is 0 Å². The molecule has 1 aromatic carbocycles. The standard InChI is InChI=1S/C19H21ClN4S/c1-12-5-4-6-23(10-12)19-21-18-15(8-16(20)9-17(18)25-19)11-24-14(3)7-13(2)22-24/h5,7-9H,4,6,10-11H2,1-3H3. The first kappa shape index (κ1) is 16.6. The third kappa shape index (κ3) is 3.31. The number of halogens is 1. The molecule has 4 nitrogen and oxygen atoms in total. The Labute approximate surface area is 156 Å². The minimum atomic E-state index is 0.693. The highest BCUT2D eigenvalue weighted by Gasteiger charge is 2.17. The van der Waals surface area contributed by atoms with Crippen LogP contribution in [0.3, 0.4) is 0 Å². The number of aryl methyl sites for hydroxylation is 2. The van der Waals surface area contributed by atoms with Crippen molar-refractivity contribution in [3.63, 3.8) is 0 Å². The molecule has 3 heterocycles. The van der Waals surface area contributed by atoms with Gasteiger partial charge in [-0.2, -0.15) is 5.10 Å². The number of rotatable bonds is 3. The molecule has 2 aromatic heterocycles. The van der Waals surface area contributed by atoms with Gasteiger partial charge >= 0.3 is 0 Å². The van der Waals surface area contributed by atoms with E-state index in [1.807, 2.05) is 23.7 Å². The maximum Gasteiger partial charge on any atom is 0.186 e. The maximum atomic E-state index is 6.38. The van der Waals surface area contributed by atoms with Crippen molar-refractivity contribution in [1.29, 1.82) is 0 Å². The topological polar surface area (TPSA) is 34.0 Å². The summed E-state index contributed by atoms with van der Waals surface area (Å²) in [7, 11) is 0. The molecule has 0 atom stereocenters. The maximum absolute atomic E-state index is 6.38. The first-order valence-corrected chi connectivity index (χ1v) is 9.69. The summed E-state index contributed by atoms with van der Waals surface area (Å²) in [4.78, 5) is 7.32. The second kappa shape index (κ2) is 6.46. The minimum absolute atomic E-state index is 0.693. The molecule has 0 unspecified atom stereocenters. The van der Waals surface area contributed by atoms with E-state index in [-0.39, 0.29) is 0 Å². The first-order chi connectivity index (χ1) is 12.0. The van der Waals surface area contributed by atoms with Crippen LogP contribution in [0.1, 0.15) is 30.3 Å². The van der Waals surface area contributed by atoms with E-state index in [0.717, 1.165) is 56.8 Å². The monoisotopic (exact) mass is 372 g/mol. The van der Waals surface area contributed by atoms with Crippen LogP contribution in [0.2, 0.25) is 5.02 Å². The van der Waals surface area contributed by atoms with E-state index < -0.39 is 0 Å². The van der Waals surface area contributed by atoms with E-state index in [1.165, 1.54) is 5.57 Å². The molecule has 0 amide bonds. The van der Waals surface area contributed by atoms with Crippen molar-refractivity contribution in [2.24, 2.45) is 0 Å². The van der Waals surface area contributed by atoms with Gasteiger partial charge in [0, 0.05) is 29.4 Å². The van der Waals surface area contributed by atoms with Gasteiger partial charge in [-0.05, 0) is 45.4 Å². The van der Waals surface area contributed by atoms with Crippen LogP contribution in [0.5, 0.6) is 0 Å². The molecule has 0 spiro atoms. The molecular weight excluding hydrogens is 352 g/mol. The van der Waals surface area contributed by atoms with Crippen LogP contribution < -0.4 is 4.90 Å². The van der Waals surface area contributed by atoms with Crippen LogP contribution in [0, 0.1) is 13.8 Å². The lowest BCUT2D eigenvalue weighted by atomic mass is 10.1. The minimum Gasteiger partial charge on any atom is -0.344 e. The summed E-state index contributed by atoms with van der Waals surface area (Å²) in [5, 5.41) is 6.42. The summed E-state index contributed by atoms with van der Waals surface area (Å²) in [6, 6.07) is 6.14. The fourth-order valence-corrected chi connectivity index (χ4v) is 4.76. The zero-order valence-corrected chi connectivity index (χ0v) is 16.3. The van der Waals surface area contributed by atoms with Gasteiger partial charge in [0.25, 0.3) is 0 Å². The number of fused-ring (bicyclic) bond motifs is 1. The van der Waals surface area contributed by atoms with Gasteiger partial charge in [0.15, 0.2) is 5.13 Å². The molecule has 0 saturated heterocycles. The van der Waals surface area contributed by atoms with E-state index >= 15 is 0 Å². The number of aromatic nitrogens is 3. The summed E-state index contributed by atoms with van der Waals surface area (Å²) < 4.78 is 3.17. The van der Waals surface area contributed by atoms with Crippen molar-refractivity contribution in [2.45, 2.75) is 33.7 Å². The molecule has 6 heteroatoms. The molecule has 130 valence electrons. The van der Waals surface area contributed by atoms with E-state index in [9.17, 15) is 0 Å². The lowest BCUT2D eigenvalue weighted by Gasteiger charge is -2.25. The largest absolute Gasteiger partial charge is 0.344 e. The smallest absolute Gasteiger partial charge is 0.186 e. The number of hydrogen-bond acceptors (Lipinski definition) is 4. The van der Waals surface area contributed by atoms with Crippen molar-refractivity contribution in [3.05, 3.63) is 51.8 Å². The summed E-state index contributed by atoms with van der Waals surface area (Å²) in [6.07, 6.45) is 3.40. The van der Waals surface area contributed by atoms with Crippen LogP contribution in [0.15, 0.2) is 29.8 Å². The van der Waals surface area contributed by atoms with Crippen molar-refractivity contribution in [1.82, 2.24) is 14.8 Å². The summed E-state index contributed by atoms with van der Waals surface area (Å²) in [6.45, 7) is 8.96. The summed E-state index contributed by atoms with van der Waals surface area (Å²) >= 11 is 8.11. The molecule has 0 fully saturated rings. The molecule has 0 N–H and O–H groups in total. The molecule has 1 aliphatic rings. The lowest BCUT2D eigenvalue weighted by molar-refractivity contribution is 0.661. The molecule has 0 radical (unpaired) electrons. The molecule has 0 saturated carbocycles. The van der Waals surface area contributed by atoms with Crippen molar-refractivity contribution >= 4 is 38.3 Å². The molecular formula is C19H21ClN4S. The summed E-state index contributed by atoms with van der Waals surface area (Å²) in [5.74, 6) is 0. The van der Waals surface area contributed by atoms with E-state index in [2.05, 4.69) is 36.0 Å². The van der Waals surface area contributed by atoms with Gasteiger partial charge in [-0.25, -0.2) is 4.98 Å². The Hall–Kier alpha value is -1.85. The number of hydrogen-bond donors (Lipinski definition) is 0. The Morgan fingerprint density at radius 1 is 1.20 bits per heavy atom. The highest BCUT2D eigenvalue weighted by atomic mass is 35.5. The molecule has 0 aliphatic carbocycles.